The number of thiophene rings is 1. The van der Waals surface area contributed by atoms with Gasteiger partial charge in [-0.1, -0.05) is 17.8 Å². The number of hydrogen-bond donors (Lipinski definition) is 1. The van der Waals surface area contributed by atoms with Gasteiger partial charge in [0, 0.05) is 10.4 Å². The van der Waals surface area contributed by atoms with Crippen molar-refractivity contribution in [3.63, 3.8) is 0 Å². The SMILES string of the molecule is COc1ccc(-c2nc(C)c(-c3ccc(SCC(=O)NCc4cccs4)nn3)s2)cc1. The predicted octanol–water partition coefficient (Wildman–Crippen LogP) is 5.05. The van der Waals surface area contributed by atoms with Crippen molar-refractivity contribution in [2.45, 2.75) is 18.5 Å². The molecule has 31 heavy (non-hydrogen) atoms. The Morgan fingerprint density at radius 1 is 1.13 bits per heavy atom. The van der Waals surface area contributed by atoms with Gasteiger partial charge in [0.2, 0.25) is 5.91 Å². The van der Waals surface area contributed by atoms with Crippen LogP contribution in [0.2, 0.25) is 0 Å². The summed E-state index contributed by atoms with van der Waals surface area (Å²) < 4.78 is 5.22. The van der Waals surface area contributed by atoms with Crippen molar-refractivity contribution in [2.24, 2.45) is 0 Å². The first-order valence-corrected chi connectivity index (χ1v) is 12.2. The third-order valence-corrected chi connectivity index (χ3v) is 7.42. The third kappa shape index (κ3) is 5.49. The summed E-state index contributed by atoms with van der Waals surface area (Å²) in [6.07, 6.45) is 0. The fourth-order valence-electron chi connectivity index (χ4n) is 2.80. The van der Waals surface area contributed by atoms with Gasteiger partial charge in [0.1, 0.15) is 21.5 Å². The molecule has 1 aromatic carbocycles. The number of hydrogen-bond acceptors (Lipinski definition) is 8. The second kappa shape index (κ2) is 10.0. The topological polar surface area (TPSA) is 77.0 Å². The van der Waals surface area contributed by atoms with Crippen molar-refractivity contribution in [1.29, 1.82) is 0 Å². The Morgan fingerprint density at radius 3 is 2.65 bits per heavy atom. The second-order valence-electron chi connectivity index (χ2n) is 6.56. The van der Waals surface area contributed by atoms with Gasteiger partial charge < -0.3 is 10.1 Å². The molecule has 6 nitrogen and oxygen atoms in total. The van der Waals surface area contributed by atoms with Crippen LogP contribution in [0.5, 0.6) is 5.75 Å². The minimum absolute atomic E-state index is 0.0216. The molecule has 4 aromatic rings. The van der Waals surface area contributed by atoms with Gasteiger partial charge in [-0.2, -0.15) is 0 Å². The first-order chi connectivity index (χ1) is 15.1. The Bertz CT molecular complexity index is 1140. The summed E-state index contributed by atoms with van der Waals surface area (Å²) in [5.74, 6) is 1.10. The number of thiazole rings is 1. The molecule has 9 heteroatoms. The van der Waals surface area contributed by atoms with Crippen molar-refractivity contribution < 1.29 is 9.53 Å². The molecule has 3 aromatic heterocycles. The molecule has 1 amide bonds. The zero-order chi connectivity index (χ0) is 21.6. The summed E-state index contributed by atoms with van der Waals surface area (Å²) in [6, 6.07) is 15.6. The highest BCUT2D eigenvalue weighted by molar-refractivity contribution is 7.99. The average molecular weight is 469 g/mol. The Morgan fingerprint density at radius 2 is 1.97 bits per heavy atom. The Balaban J connectivity index is 1.37. The number of methoxy groups -OCH3 is 1. The number of thioether (sulfide) groups is 1. The molecule has 0 aliphatic heterocycles. The minimum atomic E-state index is -0.0216. The highest BCUT2D eigenvalue weighted by Crippen LogP contribution is 2.34. The monoisotopic (exact) mass is 468 g/mol. The minimum Gasteiger partial charge on any atom is -0.497 e. The molecule has 0 saturated heterocycles. The standard InChI is InChI=1S/C22H20N4O2S3/c1-14-21(31-22(24-14)15-5-7-16(28-2)8-6-15)18-9-10-20(26-25-18)30-13-19(27)23-12-17-4-3-11-29-17/h3-11H,12-13H2,1-2H3,(H,23,27). The molecule has 0 radical (unpaired) electrons. The highest BCUT2D eigenvalue weighted by Gasteiger charge is 2.13. The number of amides is 1. The number of aromatic nitrogens is 3. The number of nitrogens with one attached hydrogen (secondary N) is 1. The van der Waals surface area contributed by atoms with E-state index in [-0.39, 0.29) is 5.91 Å². The maximum absolute atomic E-state index is 12.0. The molecule has 0 spiro atoms. The number of carbonyl (C=O) groups excluding carboxylic acids is 1. The quantitative estimate of drug-likeness (QED) is 0.365. The number of nitrogens with zero attached hydrogens (tertiary/aromatic N) is 3. The molecular formula is C22H20N4O2S3. The molecule has 3 heterocycles. The van der Waals surface area contributed by atoms with E-state index in [9.17, 15) is 4.79 Å². The summed E-state index contributed by atoms with van der Waals surface area (Å²) in [7, 11) is 1.65. The van der Waals surface area contributed by atoms with Crippen LogP contribution in [0, 0.1) is 6.92 Å². The molecule has 4 rings (SSSR count). The molecule has 0 fully saturated rings. The fourth-order valence-corrected chi connectivity index (χ4v) is 5.12. The Labute approximate surface area is 192 Å². The van der Waals surface area contributed by atoms with Gasteiger partial charge in [0.25, 0.3) is 0 Å². The number of aryl methyl sites for hydroxylation is 1. The summed E-state index contributed by atoms with van der Waals surface area (Å²) in [5.41, 5.74) is 2.73. The first-order valence-electron chi connectivity index (χ1n) is 9.50. The van der Waals surface area contributed by atoms with E-state index in [0.717, 1.165) is 37.5 Å². The van der Waals surface area contributed by atoms with Crippen LogP contribution in [-0.2, 0) is 11.3 Å². The van der Waals surface area contributed by atoms with E-state index in [0.29, 0.717) is 17.3 Å². The van der Waals surface area contributed by atoms with Gasteiger partial charge in [-0.15, -0.1) is 32.9 Å². The largest absolute Gasteiger partial charge is 0.497 e. The van der Waals surface area contributed by atoms with Crippen molar-refractivity contribution in [2.75, 3.05) is 12.9 Å². The van der Waals surface area contributed by atoms with Crippen LogP contribution in [-0.4, -0.2) is 34.0 Å². The third-order valence-electron chi connectivity index (χ3n) is 4.40. The molecule has 0 aliphatic carbocycles. The Kier molecular flexibility index (Phi) is 6.96. The van der Waals surface area contributed by atoms with Gasteiger partial charge in [0.05, 0.1) is 30.0 Å². The van der Waals surface area contributed by atoms with Crippen LogP contribution < -0.4 is 10.1 Å². The van der Waals surface area contributed by atoms with Crippen molar-refractivity contribution in [3.8, 4) is 26.9 Å². The van der Waals surface area contributed by atoms with Crippen molar-refractivity contribution >= 4 is 40.3 Å². The number of benzene rings is 1. The van der Waals surface area contributed by atoms with E-state index >= 15 is 0 Å². The van der Waals surface area contributed by atoms with E-state index in [4.69, 9.17) is 4.74 Å². The lowest BCUT2D eigenvalue weighted by atomic mass is 10.2. The molecule has 0 bridgehead atoms. The van der Waals surface area contributed by atoms with Gasteiger partial charge >= 0.3 is 0 Å². The average Bonchev–Trinajstić information content (AvgIpc) is 3.46. The maximum atomic E-state index is 12.0. The molecule has 0 unspecified atom stereocenters. The van der Waals surface area contributed by atoms with Crippen LogP contribution in [0.15, 0.2) is 58.9 Å². The van der Waals surface area contributed by atoms with Crippen LogP contribution in [0.25, 0.3) is 21.1 Å². The molecule has 0 saturated carbocycles. The van der Waals surface area contributed by atoms with Crippen LogP contribution >= 0.6 is 34.4 Å². The number of carbonyl (C=O) groups is 1. The zero-order valence-corrected chi connectivity index (χ0v) is 19.4. The van der Waals surface area contributed by atoms with Gasteiger partial charge in [-0.05, 0) is 54.8 Å². The number of ether oxygens (including phenoxy) is 1. The maximum Gasteiger partial charge on any atom is 0.230 e. The molecule has 0 atom stereocenters. The number of rotatable bonds is 8. The molecule has 1 N–H and O–H groups in total. The lowest BCUT2D eigenvalue weighted by Gasteiger charge is -2.03. The van der Waals surface area contributed by atoms with E-state index < -0.39 is 0 Å². The Hall–Kier alpha value is -2.75. The van der Waals surface area contributed by atoms with Crippen molar-refractivity contribution in [1.82, 2.24) is 20.5 Å². The van der Waals surface area contributed by atoms with Crippen LogP contribution in [0.1, 0.15) is 10.6 Å². The fraction of sp³-hybridized carbons (Fsp3) is 0.182. The summed E-state index contributed by atoms with van der Waals surface area (Å²) >= 11 is 4.59. The summed E-state index contributed by atoms with van der Waals surface area (Å²) in [5, 5.41) is 15.2. The van der Waals surface area contributed by atoms with E-state index in [1.807, 2.05) is 60.8 Å². The molecule has 158 valence electrons. The van der Waals surface area contributed by atoms with E-state index in [2.05, 4.69) is 20.5 Å². The first kappa shape index (κ1) is 21.5. The van der Waals surface area contributed by atoms with Crippen LogP contribution in [0.3, 0.4) is 0 Å². The summed E-state index contributed by atoms with van der Waals surface area (Å²) in [4.78, 5) is 18.8. The molecule has 0 aliphatic rings. The van der Waals surface area contributed by atoms with E-state index in [1.54, 1.807) is 29.8 Å². The van der Waals surface area contributed by atoms with Gasteiger partial charge in [0.15, 0.2) is 0 Å². The lowest BCUT2D eigenvalue weighted by molar-refractivity contribution is -0.118. The normalized spacial score (nSPS) is 10.8. The second-order valence-corrected chi connectivity index (χ2v) is 9.59. The highest BCUT2D eigenvalue weighted by atomic mass is 32.2. The van der Waals surface area contributed by atoms with Crippen LogP contribution in [0.4, 0.5) is 0 Å². The smallest absolute Gasteiger partial charge is 0.230 e. The summed E-state index contributed by atoms with van der Waals surface area (Å²) in [6.45, 7) is 2.53. The predicted molar refractivity (Wildman–Crippen MR) is 127 cm³/mol. The lowest BCUT2D eigenvalue weighted by Crippen LogP contribution is -2.24. The van der Waals surface area contributed by atoms with Crippen molar-refractivity contribution in [3.05, 3.63) is 64.5 Å². The van der Waals surface area contributed by atoms with E-state index in [1.165, 1.54) is 11.8 Å². The zero-order valence-electron chi connectivity index (χ0n) is 17.0. The van der Waals surface area contributed by atoms with Gasteiger partial charge in [-0.3, -0.25) is 4.79 Å². The molecular weight excluding hydrogens is 448 g/mol. The van der Waals surface area contributed by atoms with Gasteiger partial charge in [-0.25, -0.2) is 4.98 Å².